The number of nitrogens with zero attached hydrogens (tertiary/aromatic N) is 1. The minimum Gasteiger partial charge on any atom is -0.468 e. The zero-order valence-electron chi connectivity index (χ0n) is 8.44. The highest BCUT2D eigenvalue weighted by Gasteiger charge is 2.28. The first-order chi connectivity index (χ1) is 7.60. The summed E-state index contributed by atoms with van der Waals surface area (Å²) in [6.07, 6.45) is 0. The summed E-state index contributed by atoms with van der Waals surface area (Å²) in [6, 6.07) is 8.13. The number of ether oxygens (including phenoxy) is 1. The van der Waals surface area contributed by atoms with Gasteiger partial charge in [-0.3, -0.25) is 9.59 Å². The Balaban J connectivity index is 3.02. The van der Waals surface area contributed by atoms with Gasteiger partial charge in [-0.2, -0.15) is 5.26 Å². The smallest absolute Gasteiger partial charge is 0.331 e. The average Bonchev–Trinajstić information content (AvgIpc) is 2.29. The van der Waals surface area contributed by atoms with Crippen LogP contribution >= 0.6 is 15.9 Å². The second kappa shape index (κ2) is 5.42. The molecule has 1 atom stereocenters. The standard InChI is InChI=1S/C11H8BrNO3/c1-16-11(15)9(6-13)10(14)7-3-2-4-8(12)5-7/h2-5,9H,1H3/t9-/m0/s1. The number of benzene rings is 1. The van der Waals surface area contributed by atoms with Gasteiger partial charge in [-0.1, -0.05) is 28.1 Å². The van der Waals surface area contributed by atoms with Gasteiger partial charge in [0.2, 0.25) is 5.92 Å². The molecular formula is C11H8BrNO3. The molecular weight excluding hydrogens is 274 g/mol. The van der Waals surface area contributed by atoms with Crippen molar-refractivity contribution in [2.24, 2.45) is 5.92 Å². The van der Waals surface area contributed by atoms with E-state index in [1.54, 1.807) is 30.3 Å². The van der Waals surface area contributed by atoms with Gasteiger partial charge in [0.15, 0.2) is 5.78 Å². The molecule has 0 N–H and O–H groups in total. The van der Waals surface area contributed by atoms with Crippen LogP contribution in [0.1, 0.15) is 10.4 Å². The monoisotopic (exact) mass is 281 g/mol. The normalized spacial score (nSPS) is 11.3. The molecule has 5 heteroatoms. The van der Waals surface area contributed by atoms with E-state index in [0.29, 0.717) is 10.0 Å². The van der Waals surface area contributed by atoms with E-state index in [0.717, 1.165) is 7.11 Å². The van der Waals surface area contributed by atoms with E-state index in [4.69, 9.17) is 5.26 Å². The van der Waals surface area contributed by atoms with Crippen molar-refractivity contribution in [3.05, 3.63) is 34.3 Å². The second-order valence-corrected chi connectivity index (χ2v) is 3.88. The molecule has 0 spiro atoms. The van der Waals surface area contributed by atoms with Gasteiger partial charge in [-0.05, 0) is 12.1 Å². The van der Waals surface area contributed by atoms with Gasteiger partial charge in [-0.25, -0.2) is 0 Å². The fraction of sp³-hybridized carbons (Fsp3) is 0.182. The lowest BCUT2D eigenvalue weighted by Crippen LogP contribution is -2.23. The van der Waals surface area contributed by atoms with Gasteiger partial charge < -0.3 is 4.74 Å². The van der Waals surface area contributed by atoms with Crippen molar-refractivity contribution < 1.29 is 14.3 Å². The van der Waals surface area contributed by atoms with Crippen molar-refractivity contribution in [1.29, 1.82) is 5.26 Å². The number of ketones is 1. The molecule has 0 heterocycles. The lowest BCUT2D eigenvalue weighted by molar-refractivity contribution is -0.141. The number of halogens is 1. The van der Waals surface area contributed by atoms with E-state index < -0.39 is 17.7 Å². The highest BCUT2D eigenvalue weighted by Crippen LogP contribution is 2.15. The molecule has 1 aromatic rings. The molecule has 16 heavy (non-hydrogen) atoms. The van der Waals surface area contributed by atoms with Crippen LogP contribution in [0.4, 0.5) is 0 Å². The number of Topliss-reactive ketones (excluding diaryl/α,β-unsaturated/α-hetero) is 1. The summed E-state index contributed by atoms with van der Waals surface area (Å²) < 4.78 is 5.09. The van der Waals surface area contributed by atoms with Crippen LogP contribution in [0.15, 0.2) is 28.7 Å². The van der Waals surface area contributed by atoms with Crippen LogP contribution in [0.3, 0.4) is 0 Å². The first kappa shape index (κ1) is 12.4. The lowest BCUT2D eigenvalue weighted by atomic mass is 9.99. The van der Waals surface area contributed by atoms with Gasteiger partial charge in [0.1, 0.15) is 0 Å². The summed E-state index contributed by atoms with van der Waals surface area (Å²) in [5.74, 6) is -2.80. The van der Waals surface area contributed by atoms with Crippen molar-refractivity contribution in [2.75, 3.05) is 7.11 Å². The maximum atomic E-state index is 11.8. The van der Waals surface area contributed by atoms with E-state index >= 15 is 0 Å². The summed E-state index contributed by atoms with van der Waals surface area (Å²) in [5.41, 5.74) is 0.298. The zero-order valence-corrected chi connectivity index (χ0v) is 10.0. The molecule has 0 saturated heterocycles. The van der Waals surface area contributed by atoms with Crippen LogP contribution in [0, 0.1) is 17.2 Å². The third-order valence-electron chi connectivity index (χ3n) is 1.94. The molecule has 0 aliphatic rings. The Hall–Kier alpha value is -1.67. The number of carbonyl (C=O) groups is 2. The molecule has 0 bridgehead atoms. The number of carbonyl (C=O) groups excluding carboxylic acids is 2. The largest absolute Gasteiger partial charge is 0.468 e. The quantitative estimate of drug-likeness (QED) is 0.482. The van der Waals surface area contributed by atoms with Crippen LogP contribution in [0.2, 0.25) is 0 Å². The number of rotatable bonds is 3. The van der Waals surface area contributed by atoms with Crippen molar-refractivity contribution in [3.63, 3.8) is 0 Å². The fourth-order valence-corrected chi connectivity index (χ4v) is 1.54. The van der Waals surface area contributed by atoms with Gasteiger partial charge in [0.05, 0.1) is 13.2 Å². The molecule has 1 aromatic carbocycles. The van der Waals surface area contributed by atoms with E-state index in [-0.39, 0.29) is 0 Å². The molecule has 0 fully saturated rings. The molecule has 0 amide bonds. The Morgan fingerprint density at radius 2 is 2.19 bits per heavy atom. The molecule has 0 saturated carbocycles. The molecule has 1 rings (SSSR count). The number of hydrogen-bond donors (Lipinski definition) is 0. The SMILES string of the molecule is COC(=O)[C@@H](C#N)C(=O)c1cccc(Br)c1. The maximum absolute atomic E-state index is 11.8. The summed E-state index contributed by atoms with van der Waals surface area (Å²) in [5, 5.41) is 8.75. The van der Waals surface area contributed by atoms with Crippen molar-refractivity contribution in [1.82, 2.24) is 0 Å². The highest BCUT2D eigenvalue weighted by molar-refractivity contribution is 9.10. The average molecular weight is 282 g/mol. The Morgan fingerprint density at radius 1 is 1.50 bits per heavy atom. The predicted octanol–water partition coefficient (Wildman–Crippen LogP) is 1.94. The molecule has 0 unspecified atom stereocenters. The van der Waals surface area contributed by atoms with Gasteiger partial charge in [0, 0.05) is 10.0 Å². The third-order valence-corrected chi connectivity index (χ3v) is 2.43. The van der Waals surface area contributed by atoms with Gasteiger partial charge in [-0.15, -0.1) is 0 Å². The second-order valence-electron chi connectivity index (χ2n) is 2.96. The van der Waals surface area contributed by atoms with Gasteiger partial charge >= 0.3 is 5.97 Å². The van der Waals surface area contributed by atoms with Crippen LogP contribution in [-0.2, 0) is 9.53 Å². The molecule has 0 radical (unpaired) electrons. The Labute approximate surface area is 101 Å². The van der Waals surface area contributed by atoms with Crippen LogP contribution in [-0.4, -0.2) is 18.9 Å². The predicted molar refractivity (Wildman–Crippen MR) is 59.6 cm³/mol. The topological polar surface area (TPSA) is 67.2 Å². The van der Waals surface area contributed by atoms with E-state index in [1.807, 2.05) is 0 Å². The third kappa shape index (κ3) is 2.67. The number of methoxy groups -OCH3 is 1. The number of esters is 1. The summed E-state index contributed by atoms with van der Waals surface area (Å²) in [6.45, 7) is 0. The minimum atomic E-state index is -1.40. The fourth-order valence-electron chi connectivity index (χ4n) is 1.14. The summed E-state index contributed by atoms with van der Waals surface area (Å²) in [4.78, 5) is 22.9. The number of hydrogen-bond acceptors (Lipinski definition) is 4. The first-order valence-electron chi connectivity index (χ1n) is 4.37. The van der Waals surface area contributed by atoms with Crippen molar-refractivity contribution >= 4 is 27.7 Å². The van der Waals surface area contributed by atoms with Crippen molar-refractivity contribution in [2.45, 2.75) is 0 Å². The Morgan fingerprint density at radius 3 is 2.69 bits per heavy atom. The van der Waals surface area contributed by atoms with E-state index in [9.17, 15) is 9.59 Å². The molecule has 82 valence electrons. The maximum Gasteiger partial charge on any atom is 0.331 e. The van der Waals surface area contributed by atoms with Crippen LogP contribution in [0.25, 0.3) is 0 Å². The van der Waals surface area contributed by atoms with Crippen molar-refractivity contribution in [3.8, 4) is 6.07 Å². The molecule has 0 aromatic heterocycles. The first-order valence-corrected chi connectivity index (χ1v) is 5.16. The minimum absolute atomic E-state index is 0.298. The van der Waals surface area contributed by atoms with E-state index in [1.165, 1.54) is 0 Å². The Bertz CT molecular complexity index is 465. The lowest BCUT2D eigenvalue weighted by Gasteiger charge is -2.05. The Kier molecular flexibility index (Phi) is 4.20. The van der Waals surface area contributed by atoms with Gasteiger partial charge in [0.25, 0.3) is 0 Å². The number of nitriles is 1. The molecule has 0 aliphatic heterocycles. The highest BCUT2D eigenvalue weighted by atomic mass is 79.9. The van der Waals surface area contributed by atoms with Crippen LogP contribution in [0.5, 0.6) is 0 Å². The van der Waals surface area contributed by atoms with Crippen LogP contribution < -0.4 is 0 Å². The summed E-state index contributed by atoms with van der Waals surface area (Å²) >= 11 is 3.20. The molecule has 0 aliphatic carbocycles. The molecule has 4 nitrogen and oxygen atoms in total. The zero-order chi connectivity index (χ0) is 12.1. The van der Waals surface area contributed by atoms with E-state index in [2.05, 4.69) is 20.7 Å². The summed E-state index contributed by atoms with van der Waals surface area (Å²) in [7, 11) is 1.14.